The van der Waals surface area contributed by atoms with Crippen molar-refractivity contribution < 1.29 is 17.9 Å². The van der Waals surface area contributed by atoms with Crippen LogP contribution in [-0.4, -0.2) is 158 Å². The Morgan fingerprint density at radius 2 is 0.808 bits per heavy atom. The first-order valence-corrected chi connectivity index (χ1v) is 35.0. The zero-order valence-corrected chi connectivity index (χ0v) is 61.4. The maximum Gasteiger partial charge on any atom is 0.238 e. The SMILES string of the molecule is C.C=C1CN(C)c2nc(NCc3ccc(C(=O)CCc4ccccc4)cc3)ncc2N1C.C=C1CN(C)c2nc(NCc3ccc(N(C)C)cc3)ncc2N1C.C=C1CN(C)c2nc(NCc3ccc(S(N)(=O)=O)cc3)ncc2N1C.C=C1CN(C)c2nc(NCc3ccccc3OC)ncc2N1C. The van der Waals surface area contributed by atoms with Crippen LogP contribution < -0.4 is 75.2 Å². The molecule has 4 aromatic heterocycles. The van der Waals surface area contributed by atoms with E-state index >= 15 is 0 Å². The minimum atomic E-state index is -3.68. The number of aryl methyl sites for hydroxylation is 1. The second-order valence-electron chi connectivity index (χ2n) is 25.6. The van der Waals surface area contributed by atoms with Gasteiger partial charge in [-0.1, -0.05) is 131 Å². The van der Waals surface area contributed by atoms with E-state index in [0.29, 0.717) is 62.9 Å². The van der Waals surface area contributed by atoms with Gasteiger partial charge in [-0.05, 0) is 59.0 Å². The number of carbonyl (C=O) groups excluding carboxylic acids is 1. The van der Waals surface area contributed by atoms with Crippen LogP contribution in [0.2, 0.25) is 0 Å². The van der Waals surface area contributed by atoms with Crippen molar-refractivity contribution in [3.05, 3.63) is 235 Å². The first-order chi connectivity index (χ1) is 49.3. The molecule has 0 radical (unpaired) electrons. The summed E-state index contributed by atoms with van der Waals surface area (Å²) in [7, 11) is 18.0. The number of fused-ring (bicyclic) bond motifs is 4. The lowest BCUT2D eigenvalue weighted by Crippen LogP contribution is -2.35. The van der Waals surface area contributed by atoms with Gasteiger partial charge in [-0.2, -0.15) is 19.9 Å². The third-order valence-corrected chi connectivity index (χ3v) is 18.8. The first kappa shape index (κ1) is 76.3. The van der Waals surface area contributed by atoms with Crippen molar-refractivity contribution >= 4 is 91.3 Å². The molecule has 27 heteroatoms. The molecular formula is C77H96N22O4S. The zero-order valence-electron chi connectivity index (χ0n) is 60.6. The number of Topliss-reactive ketones (excluding diaryl/α,β-unsaturated/α-hetero) is 1. The summed E-state index contributed by atoms with van der Waals surface area (Å²) in [5.74, 6) is 6.87. The number of sulfonamides is 1. The highest BCUT2D eigenvalue weighted by Crippen LogP contribution is 2.37. The van der Waals surface area contributed by atoms with Crippen LogP contribution in [0.15, 0.2) is 206 Å². The van der Waals surface area contributed by atoms with Gasteiger partial charge in [0.1, 0.15) is 28.5 Å². The Kier molecular flexibility index (Phi) is 25.1. The minimum absolute atomic E-state index is 0. The van der Waals surface area contributed by atoms with E-state index in [2.05, 4.69) is 143 Å². The van der Waals surface area contributed by atoms with Gasteiger partial charge in [0.25, 0.3) is 0 Å². The molecule has 4 aliphatic heterocycles. The third kappa shape index (κ3) is 19.0. The molecule has 0 spiro atoms. The van der Waals surface area contributed by atoms with Crippen molar-refractivity contribution in [1.82, 2.24) is 39.9 Å². The molecule has 0 saturated heterocycles. The Balaban J connectivity index is 0.000000161. The summed E-state index contributed by atoms with van der Waals surface area (Å²) in [5, 5.41) is 18.1. The molecule has 9 aromatic rings. The number of aromatic nitrogens is 8. The number of rotatable bonds is 19. The van der Waals surface area contributed by atoms with Crippen molar-refractivity contribution in [2.24, 2.45) is 5.14 Å². The molecule has 4 aliphatic rings. The van der Waals surface area contributed by atoms with E-state index in [1.807, 2.05) is 180 Å². The van der Waals surface area contributed by atoms with Crippen molar-refractivity contribution in [2.75, 3.05) is 169 Å². The standard InChI is InChI=1S/C25H27N5O.C18H24N6.C17H21N5O.C16H20N6O2S.CH4/c1-18-17-29(2)24-22(30(18)3)16-27-25(28-24)26-15-20-9-12-21(13-10-20)23(31)14-11-19-7-5-4-6-8-19;1-13-12-23(4)17-16(24(13)5)11-20-18(21-17)19-10-14-6-8-15(9-7-14)22(2)3;1-12-11-21(2)16-14(22(12)3)10-19-17(20-16)18-9-13-7-5-6-8-15(13)23-4;1-11-10-21(2)15-14(22(11)3)9-19-16(20-15)18-8-12-4-6-13(7-5-12)25(17,23)24;/h4-10,12-13,16H,1,11,14-15,17H2,2-3H3,(H,26,27,28);6-9,11H,1,10,12H2,2-5H3,(H,19,20,21);5-8,10H,1,9,11H2,2-4H3,(H,18,19,20);4-7,9H,1,8,10H2,2-3H3,(H2,17,23,24)(H,18,19,20);1H4. The highest BCUT2D eigenvalue weighted by molar-refractivity contribution is 7.89. The molecule has 0 fully saturated rings. The maximum atomic E-state index is 12.5. The average molecular weight is 1430 g/mol. The van der Waals surface area contributed by atoms with Crippen LogP contribution in [0.25, 0.3) is 0 Å². The number of ketones is 1. The van der Waals surface area contributed by atoms with Crippen molar-refractivity contribution in [3.63, 3.8) is 0 Å². The molecule has 0 unspecified atom stereocenters. The number of nitrogens with one attached hydrogen (secondary N) is 4. The fourth-order valence-corrected chi connectivity index (χ4v) is 12.0. The van der Waals surface area contributed by atoms with E-state index in [-0.39, 0.29) is 18.1 Å². The van der Waals surface area contributed by atoms with E-state index in [9.17, 15) is 13.2 Å². The molecule has 8 heterocycles. The second kappa shape index (κ2) is 34.2. The summed E-state index contributed by atoms with van der Waals surface area (Å²) in [4.78, 5) is 67.1. The number of carbonyl (C=O) groups is 1. The topological polar surface area (TPSA) is 267 Å². The normalized spacial score (nSPS) is 13.6. The second-order valence-corrected chi connectivity index (χ2v) is 27.2. The van der Waals surface area contributed by atoms with Crippen LogP contribution in [0.3, 0.4) is 0 Å². The van der Waals surface area contributed by atoms with Crippen LogP contribution in [0, 0.1) is 0 Å². The lowest BCUT2D eigenvalue weighted by molar-refractivity contribution is 0.0982. The molecule has 5 aromatic carbocycles. The summed E-state index contributed by atoms with van der Waals surface area (Å²) in [6.07, 6.45) is 8.53. The molecule has 0 aliphatic carbocycles. The largest absolute Gasteiger partial charge is 0.496 e. The first-order valence-electron chi connectivity index (χ1n) is 33.4. The summed E-state index contributed by atoms with van der Waals surface area (Å²) in [6.45, 7) is 21.6. The number of hydrogen-bond donors (Lipinski definition) is 5. The highest BCUT2D eigenvalue weighted by atomic mass is 32.2. The fraction of sp³-hybridized carbons (Fsp3) is 0.286. The van der Waals surface area contributed by atoms with Crippen molar-refractivity contribution in [1.29, 1.82) is 0 Å². The highest BCUT2D eigenvalue weighted by Gasteiger charge is 2.27. The van der Waals surface area contributed by atoms with E-state index in [4.69, 9.17) is 9.88 Å². The van der Waals surface area contributed by atoms with Gasteiger partial charge < -0.3 is 70.1 Å². The van der Waals surface area contributed by atoms with Gasteiger partial charge in [0, 0.05) is 143 Å². The molecule has 13 rings (SSSR count). The number of nitrogens with two attached hydrogens (primary N) is 1. The van der Waals surface area contributed by atoms with Crippen LogP contribution >= 0.6 is 0 Å². The average Bonchev–Trinajstić information content (AvgIpc) is 0.812. The quantitative estimate of drug-likeness (QED) is 0.0471. The lowest BCUT2D eigenvalue weighted by atomic mass is 10.0. The van der Waals surface area contributed by atoms with Crippen LogP contribution in [0.1, 0.15) is 52.0 Å². The molecule has 26 nitrogen and oxygen atoms in total. The number of primary sulfonamides is 1. The van der Waals surface area contributed by atoms with Crippen molar-refractivity contribution in [3.8, 4) is 5.75 Å². The van der Waals surface area contributed by atoms with Gasteiger partial charge in [0.05, 0.1) is 63.0 Å². The molecule has 104 heavy (non-hydrogen) atoms. The van der Waals surface area contributed by atoms with Gasteiger partial charge in [-0.15, -0.1) is 0 Å². The van der Waals surface area contributed by atoms with E-state index in [0.717, 1.165) is 123 Å². The number of anilines is 13. The summed E-state index contributed by atoms with van der Waals surface area (Å²) in [5.41, 5.74) is 15.2. The summed E-state index contributed by atoms with van der Waals surface area (Å²) >= 11 is 0. The van der Waals surface area contributed by atoms with Gasteiger partial charge in [-0.25, -0.2) is 33.5 Å². The smallest absolute Gasteiger partial charge is 0.238 e. The minimum Gasteiger partial charge on any atom is -0.496 e. The lowest BCUT2D eigenvalue weighted by Gasteiger charge is -2.34. The van der Waals surface area contributed by atoms with Gasteiger partial charge >= 0.3 is 0 Å². The Labute approximate surface area is 612 Å². The van der Waals surface area contributed by atoms with Crippen LogP contribution in [0.5, 0.6) is 5.75 Å². The number of likely N-dealkylation sites (N-methyl/N-ethyl adjacent to an activating group) is 8. The molecule has 0 atom stereocenters. The molecule has 0 amide bonds. The number of nitrogens with zero attached hydrogens (tertiary/aromatic N) is 17. The number of methoxy groups -OCH3 is 1. The predicted molar refractivity (Wildman–Crippen MR) is 425 cm³/mol. The molecule has 544 valence electrons. The molecular weight excluding hydrogens is 1330 g/mol. The van der Waals surface area contributed by atoms with Crippen LogP contribution in [0.4, 0.5) is 75.5 Å². The fourth-order valence-electron chi connectivity index (χ4n) is 11.5. The number of para-hydroxylation sites is 1. The predicted octanol–water partition coefficient (Wildman–Crippen LogP) is 11.1. The third-order valence-electron chi connectivity index (χ3n) is 17.9. The van der Waals surface area contributed by atoms with Gasteiger partial charge in [0.15, 0.2) is 29.1 Å². The zero-order chi connectivity index (χ0) is 73.6. The Morgan fingerprint density at radius 3 is 1.16 bits per heavy atom. The van der Waals surface area contributed by atoms with E-state index < -0.39 is 10.0 Å². The Hall–Kier alpha value is -11.8. The van der Waals surface area contributed by atoms with Crippen LogP contribution in [-0.2, 0) is 42.6 Å². The number of benzene rings is 5. The van der Waals surface area contributed by atoms with Gasteiger partial charge in [0.2, 0.25) is 33.8 Å². The number of hydrogen-bond acceptors (Lipinski definition) is 25. The molecule has 0 saturated carbocycles. The number of ether oxygens (including phenoxy) is 1. The Morgan fingerprint density at radius 1 is 0.471 bits per heavy atom. The van der Waals surface area contributed by atoms with Crippen molar-refractivity contribution in [2.45, 2.75) is 51.3 Å². The van der Waals surface area contributed by atoms with Gasteiger partial charge in [-0.3, -0.25) is 4.79 Å². The Bertz CT molecular complexity index is 4620. The monoisotopic (exact) mass is 1420 g/mol. The summed E-state index contributed by atoms with van der Waals surface area (Å²) in [6, 6.07) is 40.6. The molecule has 6 N–H and O–H groups in total. The molecule has 0 bridgehead atoms. The maximum absolute atomic E-state index is 12.5. The summed E-state index contributed by atoms with van der Waals surface area (Å²) < 4.78 is 27.9. The van der Waals surface area contributed by atoms with E-state index in [1.165, 1.54) is 28.9 Å². The van der Waals surface area contributed by atoms with E-state index in [1.54, 1.807) is 25.4 Å².